The summed E-state index contributed by atoms with van der Waals surface area (Å²) in [5.74, 6) is 2.76. The van der Waals surface area contributed by atoms with Gasteiger partial charge in [-0.05, 0) is 36.3 Å². The zero-order valence-corrected chi connectivity index (χ0v) is 11.3. The third-order valence-corrected chi connectivity index (χ3v) is 4.19. The molecule has 1 heterocycles. The lowest BCUT2D eigenvalue weighted by molar-refractivity contribution is 0.348. The van der Waals surface area contributed by atoms with Crippen molar-refractivity contribution in [2.24, 2.45) is 5.92 Å². The minimum absolute atomic E-state index is 0.437. The first kappa shape index (κ1) is 12.3. The molecular weight excluding hydrogens is 236 g/mol. The monoisotopic (exact) mass is 256 g/mol. The van der Waals surface area contributed by atoms with Crippen LogP contribution in [0.2, 0.25) is 0 Å². The lowest BCUT2D eigenvalue weighted by Gasteiger charge is -2.26. The van der Waals surface area contributed by atoms with Crippen molar-refractivity contribution in [2.45, 2.75) is 38.5 Å². The maximum absolute atomic E-state index is 5.61. The highest BCUT2D eigenvalue weighted by molar-refractivity contribution is 5.61. The van der Waals surface area contributed by atoms with Crippen molar-refractivity contribution >= 4 is 5.82 Å². The fourth-order valence-electron chi connectivity index (χ4n) is 2.96. The zero-order chi connectivity index (χ0) is 13.2. The molecule has 1 saturated carbocycles. The van der Waals surface area contributed by atoms with E-state index in [1.165, 1.54) is 31.2 Å². The van der Waals surface area contributed by atoms with E-state index in [4.69, 9.17) is 10.3 Å². The Labute approximate surface area is 113 Å². The number of nitrogens with zero attached hydrogens (tertiary/aromatic N) is 1. The molecule has 1 aliphatic rings. The van der Waals surface area contributed by atoms with Crippen LogP contribution >= 0.6 is 0 Å². The largest absolute Gasteiger partial charge is 0.381 e. The predicted molar refractivity (Wildman–Crippen MR) is 76.7 cm³/mol. The molecule has 3 nitrogen and oxygen atoms in total. The molecule has 0 bridgehead atoms. The summed E-state index contributed by atoms with van der Waals surface area (Å²) in [5, 5.41) is 3.75. The molecule has 2 N–H and O–H groups in total. The Hall–Kier alpha value is -1.77. The molecule has 2 aromatic rings. The SMILES string of the molecule is CC1CCC(c2cccc(-c3cc(N)no3)c2)CC1. The van der Waals surface area contributed by atoms with Crippen molar-refractivity contribution in [2.75, 3.05) is 5.73 Å². The van der Waals surface area contributed by atoms with E-state index < -0.39 is 0 Å². The molecule has 0 amide bonds. The number of benzene rings is 1. The van der Waals surface area contributed by atoms with Gasteiger partial charge in [0, 0.05) is 11.6 Å². The number of nitrogens with two attached hydrogens (primary N) is 1. The van der Waals surface area contributed by atoms with Crippen molar-refractivity contribution in [1.29, 1.82) is 0 Å². The van der Waals surface area contributed by atoms with Gasteiger partial charge < -0.3 is 10.3 Å². The Kier molecular flexibility index (Phi) is 3.28. The zero-order valence-electron chi connectivity index (χ0n) is 11.3. The summed E-state index contributed by atoms with van der Waals surface area (Å²) in [6, 6.07) is 10.4. The molecule has 1 fully saturated rings. The number of nitrogen functional groups attached to an aromatic ring is 1. The van der Waals surface area contributed by atoms with Crippen LogP contribution in [-0.4, -0.2) is 5.16 Å². The molecule has 0 atom stereocenters. The van der Waals surface area contributed by atoms with Crippen LogP contribution in [0.3, 0.4) is 0 Å². The van der Waals surface area contributed by atoms with E-state index in [2.05, 4.69) is 36.3 Å². The van der Waals surface area contributed by atoms with Gasteiger partial charge in [0.1, 0.15) is 0 Å². The van der Waals surface area contributed by atoms with E-state index in [1.54, 1.807) is 6.07 Å². The number of hydrogen-bond acceptors (Lipinski definition) is 3. The van der Waals surface area contributed by atoms with Crippen molar-refractivity contribution in [3.8, 4) is 11.3 Å². The second kappa shape index (κ2) is 5.08. The molecule has 3 rings (SSSR count). The van der Waals surface area contributed by atoms with Gasteiger partial charge >= 0.3 is 0 Å². The van der Waals surface area contributed by atoms with Crippen molar-refractivity contribution in [1.82, 2.24) is 5.16 Å². The maximum atomic E-state index is 5.61. The standard InChI is InChI=1S/C16H20N2O/c1-11-5-7-12(8-6-11)13-3-2-4-14(9-13)15-10-16(17)18-19-15/h2-4,9-12H,5-8H2,1H3,(H2,17,18). The third-order valence-electron chi connectivity index (χ3n) is 4.19. The van der Waals surface area contributed by atoms with E-state index in [0.717, 1.165) is 17.2 Å². The molecular formula is C16H20N2O. The van der Waals surface area contributed by atoms with E-state index in [1.807, 2.05) is 0 Å². The van der Waals surface area contributed by atoms with Gasteiger partial charge in [-0.3, -0.25) is 0 Å². The predicted octanol–water partition coefficient (Wildman–Crippen LogP) is 4.22. The smallest absolute Gasteiger partial charge is 0.169 e. The normalized spacial score (nSPS) is 23.4. The molecule has 19 heavy (non-hydrogen) atoms. The van der Waals surface area contributed by atoms with Crippen LogP contribution in [-0.2, 0) is 0 Å². The van der Waals surface area contributed by atoms with E-state index in [-0.39, 0.29) is 0 Å². The molecule has 0 unspecified atom stereocenters. The molecule has 0 aliphatic heterocycles. The molecule has 0 spiro atoms. The van der Waals surface area contributed by atoms with Crippen molar-refractivity contribution < 1.29 is 4.52 Å². The summed E-state index contributed by atoms with van der Waals surface area (Å²) in [6.07, 6.45) is 5.26. The number of rotatable bonds is 2. The van der Waals surface area contributed by atoms with Gasteiger partial charge in [0.05, 0.1) is 0 Å². The third kappa shape index (κ3) is 2.65. The number of anilines is 1. The number of aromatic nitrogens is 1. The molecule has 1 aromatic heterocycles. The lowest BCUT2D eigenvalue weighted by atomic mass is 9.79. The van der Waals surface area contributed by atoms with Crippen LogP contribution in [0.25, 0.3) is 11.3 Å². The average molecular weight is 256 g/mol. The van der Waals surface area contributed by atoms with Gasteiger partial charge in [0.2, 0.25) is 0 Å². The van der Waals surface area contributed by atoms with Gasteiger partial charge in [0.15, 0.2) is 11.6 Å². The van der Waals surface area contributed by atoms with Crippen LogP contribution in [0, 0.1) is 5.92 Å². The van der Waals surface area contributed by atoms with Gasteiger partial charge in [-0.15, -0.1) is 0 Å². The second-order valence-corrected chi connectivity index (χ2v) is 5.70. The van der Waals surface area contributed by atoms with Crippen molar-refractivity contribution in [3.05, 3.63) is 35.9 Å². The molecule has 100 valence electrons. The fourth-order valence-corrected chi connectivity index (χ4v) is 2.96. The Morgan fingerprint density at radius 1 is 1.16 bits per heavy atom. The first-order valence-electron chi connectivity index (χ1n) is 7.05. The minimum Gasteiger partial charge on any atom is -0.381 e. The van der Waals surface area contributed by atoms with Crippen LogP contribution in [0.4, 0.5) is 5.82 Å². The van der Waals surface area contributed by atoms with Crippen LogP contribution < -0.4 is 5.73 Å². The van der Waals surface area contributed by atoms with Crippen LogP contribution in [0.1, 0.15) is 44.1 Å². The topological polar surface area (TPSA) is 52.0 Å². The number of hydrogen-bond donors (Lipinski definition) is 1. The summed E-state index contributed by atoms with van der Waals surface area (Å²) in [6.45, 7) is 2.35. The highest BCUT2D eigenvalue weighted by atomic mass is 16.5. The van der Waals surface area contributed by atoms with Gasteiger partial charge in [-0.25, -0.2) is 0 Å². The van der Waals surface area contributed by atoms with Gasteiger partial charge in [-0.2, -0.15) is 0 Å². The highest BCUT2D eigenvalue weighted by Crippen LogP contribution is 2.36. The first-order chi connectivity index (χ1) is 9.22. The second-order valence-electron chi connectivity index (χ2n) is 5.70. The van der Waals surface area contributed by atoms with Crippen LogP contribution in [0.15, 0.2) is 34.9 Å². The Bertz CT molecular complexity index is 553. The molecule has 1 aromatic carbocycles. The lowest BCUT2D eigenvalue weighted by Crippen LogP contribution is -2.10. The molecule has 0 radical (unpaired) electrons. The quantitative estimate of drug-likeness (QED) is 0.875. The van der Waals surface area contributed by atoms with Crippen molar-refractivity contribution in [3.63, 3.8) is 0 Å². The van der Waals surface area contributed by atoms with Crippen LogP contribution in [0.5, 0.6) is 0 Å². The Morgan fingerprint density at radius 3 is 2.63 bits per heavy atom. The Balaban J connectivity index is 1.84. The summed E-state index contributed by atoms with van der Waals surface area (Å²) in [4.78, 5) is 0. The maximum Gasteiger partial charge on any atom is 0.169 e. The summed E-state index contributed by atoms with van der Waals surface area (Å²) in [7, 11) is 0. The van der Waals surface area contributed by atoms with E-state index in [9.17, 15) is 0 Å². The molecule has 1 aliphatic carbocycles. The van der Waals surface area contributed by atoms with Gasteiger partial charge in [-0.1, -0.05) is 43.1 Å². The first-order valence-corrected chi connectivity index (χ1v) is 7.05. The fraction of sp³-hybridized carbons (Fsp3) is 0.438. The van der Waals surface area contributed by atoms with E-state index in [0.29, 0.717) is 11.7 Å². The summed E-state index contributed by atoms with van der Waals surface area (Å²) < 4.78 is 5.23. The average Bonchev–Trinajstić information content (AvgIpc) is 2.86. The highest BCUT2D eigenvalue weighted by Gasteiger charge is 2.20. The molecule has 0 saturated heterocycles. The minimum atomic E-state index is 0.437. The Morgan fingerprint density at radius 2 is 1.95 bits per heavy atom. The molecule has 3 heteroatoms. The van der Waals surface area contributed by atoms with E-state index >= 15 is 0 Å². The van der Waals surface area contributed by atoms with Gasteiger partial charge in [0.25, 0.3) is 0 Å². The summed E-state index contributed by atoms with van der Waals surface area (Å²) >= 11 is 0. The summed E-state index contributed by atoms with van der Waals surface area (Å²) in [5.41, 5.74) is 8.09.